The average molecular weight is 433 g/mol. The van der Waals surface area contributed by atoms with E-state index >= 15 is 0 Å². The lowest BCUT2D eigenvalue weighted by Gasteiger charge is -2.14. The van der Waals surface area contributed by atoms with Crippen LogP contribution in [0.2, 0.25) is 0 Å². The molecule has 0 bridgehead atoms. The number of aryl methyl sites for hydroxylation is 1. The van der Waals surface area contributed by atoms with Gasteiger partial charge in [-0.3, -0.25) is 14.5 Å². The number of hydrogen-bond donors (Lipinski definition) is 1. The quantitative estimate of drug-likeness (QED) is 0.434. The van der Waals surface area contributed by atoms with E-state index in [1.807, 2.05) is 79.7 Å². The molecule has 1 aliphatic rings. The fourth-order valence-electron chi connectivity index (χ4n) is 3.27. The van der Waals surface area contributed by atoms with Crippen molar-refractivity contribution in [2.75, 3.05) is 11.9 Å². The van der Waals surface area contributed by atoms with Crippen molar-refractivity contribution in [3.05, 3.63) is 82.8 Å². The number of carbonyl (C=O) groups is 2. The van der Waals surface area contributed by atoms with Gasteiger partial charge in [0, 0.05) is 24.0 Å². The van der Waals surface area contributed by atoms with Crippen LogP contribution in [0.15, 0.2) is 71.6 Å². The Hall–Kier alpha value is -2.96. The Balaban J connectivity index is 1.40. The number of thiocarbonyl (C=S) groups is 1. The van der Waals surface area contributed by atoms with Crippen LogP contribution < -0.4 is 5.32 Å². The first-order valence-electron chi connectivity index (χ1n) is 9.61. The van der Waals surface area contributed by atoms with Crippen molar-refractivity contribution in [3.8, 4) is 0 Å². The zero-order valence-corrected chi connectivity index (χ0v) is 18.1. The molecule has 4 nitrogen and oxygen atoms in total. The van der Waals surface area contributed by atoms with Crippen molar-refractivity contribution in [1.82, 2.24) is 4.90 Å². The number of amides is 2. The number of anilines is 1. The molecule has 6 heteroatoms. The molecule has 30 heavy (non-hydrogen) atoms. The number of nitrogens with zero attached hydrogens (tertiary/aromatic N) is 1. The summed E-state index contributed by atoms with van der Waals surface area (Å²) in [5.41, 5.74) is 2.88. The SMILES string of the molecule is Cc1ccc(C=C2SC(=S)N(CCC(=O)Nc3cccc4ccccc34)C2=O)cc1. The molecular weight excluding hydrogens is 412 g/mol. The first kappa shape index (κ1) is 20.3. The van der Waals surface area contributed by atoms with Crippen molar-refractivity contribution < 1.29 is 9.59 Å². The van der Waals surface area contributed by atoms with Crippen LogP contribution in [0.5, 0.6) is 0 Å². The first-order valence-corrected chi connectivity index (χ1v) is 10.8. The van der Waals surface area contributed by atoms with E-state index in [0.29, 0.717) is 9.23 Å². The Bertz CT molecular complexity index is 1160. The molecule has 150 valence electrons. The maximum atomic E-state index is 12.8. The second kappa shape index (κ2) is 8.81. The second-order valence-electron chi connectivity index (χ2n) is 7.07. The van der Waals surface area contributed by atoms with E-state index in [4.69, 9.17) is 12.2 Å². The van der Waals surface area contributed by atoms with Gasteiger partial charge in [-0.05, 0) is 30.0 Å². The van der Waals surface area contributed by atoms with E-state index in [9.17, 15) is 9.59 Å². The van der Waals surface area contributed by atoms with Crippen molar-refractivity contribution in [2.24, 2.45) is 0 Å². The normalized spacial score (nSPS) is 15.2. The molecule has 2 amide bonds. The number of thioether (sulfide) groups is 1. The number of rotatable bonds is 5. The molecule has 3 aromatic carbocycles. The van der Waals surface area contributed by atoms with Crippen LogP contribution in [0, 0.1) is 6.92 Å². The van der Waals surface area contributed by atoms with Crippen LogP contribution >= 0.6 is 24.0 Å². The van der Waals surface area contributed by atoms with E-state index in [1.165, 1.54) is 16.7 Å². The number of nitrogens with one attached hydrogen (secondary N) is 1. The number of carbonyl (C=O) groups excluding carboxylic acids is 2. The number of hydrogen-bond acceptors (Lipinski definition) is 4. The van der Waals surface area contributed by atoms with Gasteiger partial charge in [-0.1, -0.05) is 90.2 Å². The van der Waals surface area contributed by atoms with Gasteiger partial charge in [0.05, 0.1) is 4.91 Å². The van der Waals surface area contributed by atoms with Gasteiger partial charge in [0.1, 0.15) is 4.32 Å². The van der Waals surface area contributed by atoms with Crippen molar-refractivity contribution in [1.29, 1.82) is 0 Å². The van der Waals surface area contributed by atoms with E-state index in [2.05, 4.69) is 5.32 Å². The maximum absolute atomic E-state index is 12.8. The van der Waals surface area contributed by atoms with E-state index in [-0.39, 0.29) is 24.8 Å². The molecule has 1 aliphatic heterocycles. The molecule has 0 aliphatic carbocycles. The monoisotopic (exact) mass is 432 g/mol. The standard InChI is InChI=1S/C24H20N2O2S2/c1-16-9-11-17(12-10-16)15-21-23(28)26(24(29)30-21)14-13-22(27)25-20-8-4-6-18-5-2-3-7-19(18)20/h2-12,15H,13-14H2,1H3,(H,25,27). The minimum absolute atomic E-state index is 0.150. The average Bonchev–Trinajstić information content (AvgIpc) is 3.01. The largest absolute Gasteiger partial charge is 0.325 e. The Morgan fingerprint density at radius 3 is 2.60 bits per heavy atom. The van der Waals surface area contributed by atoms with Gasteiger partial charge in [0.25, 0.3) is 5.91 Å². The van der Waals surface area contributed by atoms with Gasteiger partial charge in [-0.15, -0.1) is 0 Å². The van der Waals surface area contributed by atoms with Crippen LogP contribution in [-0.4, -0.2) is 27.6 Å². The Labute approximate surface area is 185 Å². The second-order valence-corrected chi connectivity index (χ2v) is 8.74. The summed E-state index contributed by atoms with van der Waals surface area (Å²) < 4.78 is 0.483. The summed E-state index contributed by atoms with van der Waals surface area (Å²) in [5.74, 6) is -0.300. The lowest BCUT2D eigenvalue weighted by molar-refractivity contribution is -0.122. The summed E-state index contributed by atoms with van der Waals surface area (Å²) in [6.45, 7) is 2.28. The highest BCUT2D eigenvalue weighted by atomic mass is 32.2. The van der Waals surface area contributed by atoms with Crippen molar-refractivity contribution >= 4 is 62.7 Å². The fraction of sp³-hybridized carbons (Fsp3) is 0.125. The molecule has 0 unspecified atom stereocenters. The Morgan fingerprint density at radius 1 is 1.07 bits per heavy atom. The van der Waals surface area contributed by atoms with Crippen LogP contribution in [0.1, 0.15) is 17.5 Å². The summed E-state index contributed by atoms with van der Waals surface area (Å²) in [7, 11) is 0. The van der Waals surface area contributed by atoms with Crippen LogP contribution in [-0.2, 0) is 9.59 Å². The topological polar surface area (TPSA) is 49.4 Å². The zero-order chi connectivity index (χ0) is 21.1. The summed E-state index contributed by atoms with van der Waals surface area (Å²) >= 11 is 6.65. The molecule has 0 atom stereocenters. The van der Waals surface area contributed by atoms with Crippen LogP contribution in [0.25, 0.3) is 16.8 Å². The third kappa shape index (κ3) is 4.45. The van der Waals surface area contributed by atoms with Crippen molar-refractivity contribution in [2.45, 2.75) is 13.3 Å². The Morgan fingerprint density at radius 2 is 1.80 bits per heavy atom. The van der Waals surface area contributed by atoms with Gasteiger partial charge < -0.3 is 5.32 Å². The molecule has 0 aromatic heterocycles. The maximum Gasteiger partial charge on any atom is 0.266 e. The molecule has 0 saturated carbocycles. The van der Waals surface area contributed by atoms with Crippen LogP contribution in [0.3, 0.4) is 0 Å². The number of benzene rings is 3. The molecule has 0 radical (unpaired) electrons. The minimum atomic E-state index is -0.150. The third-order valence-electron chi connectivity index (χ3n) is 4.87. The lowest BCUT2D eigenvalue weighted by atomic mass is 10.1. The summed E-state index contributed by atoms with van der Waals surface area (Å²) in [6, 6.07) is 21.6. The predicted octanol–water partition coefficient (Wildman–Crippen LogP) is 5.38. The number of fused-ring (bicyclic) bond motifs is 1. The molecule has 1 saturated heterocycles. The Kier molecular flexibility index (Phi) is 5.97. The highest BCUT2D eigenvalue weighted by Gasteiger charge is 2.32. The highest BCUT2D eigenvalue weighted by molar-refractivity contribution is 8.26. The molecule has 1 N–H and O–H groups in total. The molecule has 0 spiro atoms. The highest BCUT2D eigenvalue weighted by Crippen LogP contribution is 2.32. The molecule has 3 aromatic rings. The third-order valence-corrected chi connectivity index (χ3v) is 6.25. The molecule has 4 rings (SSSR count). The van der Waals surface area contributed by atoms with Gasteiger partial charge in [0.15, 0.2) is 0 Å². The zero-order valence-electron chi connectivity index (χ0n) is 16.4. The van der Waals surface area contributed by atoms with Gasteiger partial charge in [-0.25, -0.2) is 0 Å². The smallest absolute Gasteiger partial charge is 0.266 e. The minimum Gasteiger partial charge on any atom is -0.325 e. The van der Waals surface area contributed by atoms with E-state index in [0.717, 1.165) is 27.6 Å². The first-order chi connectivity index (χ1) is 14.5. The molecular formula is C24H20N2O2S2. The van der Waals surface area contributed by atoms with E-state index in [1.54, 1.807) is 0 Å². The van der Waals surface area contributed by atoms with Crippen LogP contribution in [0.4, 0.5) is 5.69 Å². The van der Waals surface area contributed by atoms with Gasteiger partial charge in [0.2, 0.25) is 5.91 Å². The van der Waals surface area contributed by atoms with Gasteiger partial charge in [-0.2, -0.15) is 0 Å². The molecule has 1 heterocycles. The van der Waals surface area contributed by atoms with Gasteiger partial charge >= 0.3 is 0 Å². The predicted molar refractivity (Wildman–Crippen MR) is 128 cm³/mol. The summed E-state index contributed by atoms with van der Waals surface area (Å²) in [5, 5.41) is 5.00. The van der Waals surface area contributed by atoms with Crippen molar-refractivity contribution in [3.63, 3.8) is 0 Å². The lowest BCUT2D eigenvalue weighted by Crippen LogP contribution is -2.31. The molecule has 1 fully saturated rings. The summed E-state index contributed by atoms with van der Waals surface area (Å²) in [6.07, 6.45) is 2.02. The summed E-state index contributed by atoms with van der Waals surface area (Å²) in [4.78, 5) is 27.4. The van der Waals surface area contributed by atoms with E-state index < -0.39 is 0 Å². The fourth-order valence-corrected chi connectivity index (χ4v) is 4.58.